The van der Waals surface area contributed by atoms with Crippen LogP contribution in [0.4, 0.5) is 10.7 Å². The number of esters is 1. The minimum absolute atomic E-state index is 0.0266. The van der Waals surface area contributed by atoms with Gasteiger partial charge >= 0.3 is 5.97 Å². The Morgan fingerprint density at radius 3 is 2.46 bits per heavy atom. The second-order valence-electron chi connectivity index (χ2n) is 6.21. The van der Waals surface area contributed by atoms with Gasteiger partial charge in [0.05, 0.1) is 23.6 Å². The van der Waals surface area contributed by atoms with Crippen molar-refractivity contribution in [2.24, 2.45) is 0 Å². The average Bonchev–Trinajstić information content (AvgIpc) is 2.98. The monoisotopic (exact) mass is 403 g/mol. The molecular formula is C20H25N3O4S. The third-order valence-corrected chi connectivity index (χ3v) is 5.56. The molecule has 0 aliphatic heterocycles. The lowest BCUT2D eigenvalue weighted by Crippen LogP contribution is -2.23. The summed E-state index contributed by atoms with van der Waals surface area (Å²) >= 11 is 1.06. The summed E-state index contributed by atoms with van der Waals surface area (Å²) in [5.41, 5.74) is 3.76. The van der Waals surface area contributed by atoms with Crippen molar-refractivity contribution in [3.63, 3.8) is 0 Å². The minimum Gasteiger partial charge on any atom is -0.462 e. The lowest BCUT2D eigenvalue weighted by atomic mass is 10.1. The van der Waals surface area contributed by atoms with Crippen molar-refractivity contribution in [3.8, 4) is 0 Å². The lowest BCUT2D eigenvalue weighted by molar-refractivity contribution is -0.114. The van der Waals surface area contributed by atoms with Crippen molar-refractivity contribution < 1.29 is 19.1 Å². The van der Waals surface area contributed by atoms with Crippen LogP contribution in [-0.2, 0) is 9.53 Å². The molecule has 0 spiro atoms. The second kappa shape index (κ2) is 9.36. The Morgan fingerprint density at radius 2 is 1.82 bits per heavy atom. The van der Waals surface area contributed by atoms with Crippen LogP contribution < -0.4 is 16.0 Å². The number of amides is 2. The Morgan fingerprint density at radius 1 is 1.11 bits per heavy atom. The molecule has 0 radical (unpaired) electrons. The van der Waals surface area contributed by atoms with Gasteiger partial charge in [-0.1, -0.05) is 12.1 Å². The molecule has 0 saturated carbocycles. The van der Waals surface area contributed by atoms with Crippen molar-refractivity contribution in [2.75, 3.05) is 30.8 Å². The summed E-state index contributed by atoms with van der Waals surface area (Å²) in [4.78, 5) is 37.2. The number of benzene rings is 1. The van der Waals surface area contributed by atoms with Crippen LogP contribution in [0.3, 0.4) is 0 Å². The van der Waals surface area contributed by atoms with E-state index in [4.69, 9.17) is 4.74 Å². The smallest absolute Gasteiger partial charge is 0.341 e. The van der Waals surface area contributed by atoms with E-state index in [9.17, 15) is 14.4 Å². The SMILES string of the molecule is CCOC(=O)c1c(NC(=O)CNc2cccc(C)c2C)sc(C(=O)NC)c1C. The fourth-order valence-electron chi connectivity index (χ4n) is 2.67. The first-order valence-corrected chi connectivity index (χ1v) is 9.74. The van der Waals surface area contributed by atoms with Crippen LogP contribution in [0.5, 0.6) is 0 Å². The molecule has 3 N–H and O–H groups in total. The molecule has 0 fully saturated rings. The van der Waals surface area contributed by atoms with E-state index in [1.165, 1.54) is 7.05 Å². The van der Waals surface area contributed by atoms with E-state index in [1.807, 2.05) is 32.0 Å². The summed E-state index contributed by atoms with van der Waals surface area (Å²) in [5, 5.41) is 8.68. The first kappa shape index (κ1) is 21.4. The molecule has 0 bridgehead atoms. The van der Waals surface area contributed by atoms with Crippen molar-refractivity contribution in [1.29, 1.82) is 0 Å². The first-order valence-electron chi connectivity index (χ1n) is 8.92. The number of ether oxygens (including phenoxy) is 1. The van der Waals surface area contributed by atoms with Crippen LogP contribution >= 0.6 is 11.3 Å². The van der Waals surface area contributed by atoms with Crippen LogP contribution in [0.2, 0.25) is 0 Å². The Balaban J connectivity index is 2.21. The molecule has 0 atom stereocenters. The van der Waals surface area contributed by atoms with Crippen LogP contribution in [0.1, 0.15) is 43.6 Å². The van der Waals surface area contributed by atoms with Gasteiger partial charge in [-0.15, -0.1) is 11.3 Å². The van der Waals surface area contributed by atoms with E-state index in [0.717, 1.165) is 28.2 Å². The van der Waals surface area contributed by atoms with Gasteiger partial charge in [-0.25, -0.2) is 4.79 Å². The summed E-state index contributed by atoms with van der Waals surface area (Å²) in [6.07, 6.45) is 0. The Kier molecular flexibility index (Phi) is 7.17. The maximum Gasteiger partial charge on any atom is 0.341 e. The van der Waals surface area contributed by atoms with Gasteiger partial charge in [0.25, 0.3) is 5.91 Å². The third-order valence-electron chi connectivity index (χ3n) is 4.36. The number of rotatable bonds is 7. The summed E-state index contributed by atoms with van der Waals surface area (Å²) in [7, 11) is 1.51. The quantitative estimate of drug-likeness (QED) is 0.617. The molecule has 2 rings (SSSR count). The lowest BCUT2D eigenvalue weighted by Gasteiger charge is -2.12. The van der Waals surface area contributed by atoms with Gasteiger partial charge in [0.15, 0.2) is 0 Å². The zero-order valence-corrected chi connectivity index (χ0v) is 17.5. The number of thiophene rings is 1. The van der Waals surface area contributed by atoms with Gasteiger partial charge in [-0.2, -0.15) is 0 Å². The highest BCUT2D eigenvalue weighted by molar-refractivity contribution is 7.18. The number of anilines is 2. The van der Waals surface area contributed by atoms with E-state index in [-0.39, 0.29) is 30.5 Å². The molecule has 0 aliphatic carbocycles. The van der Waals surface area contributed by atoms with E-state index in [2.05, 4.69) is 16.0 Å². The van der Waals surface area contributed by atoms with E-state index in [0.29, 0.717) is 15.4 Å². The van der Waals surface area contributed by atoms with Crippen molar-refractivity contribution in [1.82, 2.24) is 5.32 Å². The number of carbonyl (C=O) groups is 3. The van der Waals surface area contributed by atoms with Crippen molar-refractivity contribution >= 4 is 39.8 Å². The Labute approximate surface area is 168 Å². The molecular weight excluding hydrogens is 378 g/mol. The molecule has 1 aromatic heterocycles. The highest BCUT2D eigenvalue weighted by Crippen LogP contribution is 2.33. The first-order chi connectivity index (χ1) is 13.3. The molecule has 0 saturated heterocycles. The van der Waals surface area contributed by atoms with Crippen molar-refractivity contribution in [2.45, 2.75) is 27.7 Å². The molecule has 28 heavy (non-hydrogen) atoms. The molecule has 8 heteroatoms. The summed E-state index contributed by atoms with van der Waals surface area (Å²) in [6, 6.07) is 5.82. The molecule has 1 aromatic carbocycles. The fourth-order valence-corrected chi connectivity index (χ4v) is 3.83. The largest absolute Gasteiger partial charge is 0.462 e. The number of hydrogen-bond donors (Lipinski definition) is 3. The van der Waals surface area contributed by atoms with Gasteiger partial charge < -0.3 is 20.7 Å². The van der Waals surface area contributed by atoms with Gasteiger partial charge in [0.1, 0.15) is 5.00 Å². The number of hydrogen-bond acceptors (Lipinski definition) is 6. The molecule has 150 valence electrons. The minimum atomic E-state index is -0.566. The van der Waals surface area contributed by atoms with E-state index < -0.39 is 5.97 Å². The summed E-state index contributed by atoms with van der Waals surface area (Å²) in [5.74, 6) is -1.21. The normalized spacial score (nSPS) is 10.3. The Bertz CT molecular complexity index is 905. The van der Waals surface area contributed by atoms with Gasteiger partial charge in [-0.3, -0.25) is 9.59 Å². The highest BCUT2D eigenvalue weighted by atomic mass is 32.1. The standard InChI is InChI=1S/C20H25N3O4S/c1-6-27-20(26)16-13(4)17(18(25)21-5)28-19(16)23-15(24)10-22-14-9-7-8-11(2)12(14)3/h7-9,22H,6,10H2,1-5H3,(H,21,25)(H,23,24). The zero-order valence-electron chi connectivity index (χ0n) is 16.7. The molecule has 0 aliphatic rings. The van der Waals surface area contributed by atoms with Crippen LogP contribution in [0.25, 0.3) is 0 Å². The predicted octanol–water partition coefficient (Wildman–Crippen LogP) is 3.26. The fraction of sp³-hybridized carbons (Fsp3) is 0.350. The number of carbonyl (C=O) groups excluding carboxylic acids is 3. The van der Waals surface area contributed by atoms with Gasteiger partial charge in [0, 0.05) is 12.7 Å². The third kappa shape index (κ3) is 4.69. The molecule has 1 heterocycles. The van der Waals surface area contributed by atoms with E-state index in [1.54, 1.807) is 13.8 Å². The van der Waals surface area contributed by atoms with Crippen LogP contribution in [0.15, 0.2) is 18.2 Å². The molecule has 2 amide bonds. The van der Waals surface area contributed by atoms with Crippen molar-refractivity contribution in [3.05, 3.63) is 45.3 Å². The summed E-state index contributed by atoms with van der Waals surface area (Å²) < 4.78 is 5.09. The Hall–Kier alpha value is -2.87. The topological polar surface area (TPSA) is 96.5 Å². The second-order valence-corrected chi connectivity index (χ2v) is 7.23. The average molecular weight is 404 g/mol. The molecule has 0 unspecified atom stereocenters. The maximum atomic E-state index is 12.5. The van der Waals surface area contributed by atoms with Gasteiger partial charge in [-0.05, 0) is 50.5 Å². The zero-order chi connectivity index (χ0) is 20.8. The molecule has 7 nitrogen and oxygen atoms in total. The van der Waals surface area contributed by atoms with Gasteiger partial charge in [0.2, 0.25) is 5.91 Å². The maximum absolute atomic E-state index is 12.5. The predicted molar refractivity (Wildman–Crippen MR) is 111 cm³/mol. The molecule has 2 aromatic rings. The van der Waals surface area contributed by atoms with Crippen LogP contribution in [0, 0.1) is 20.8 Å². The van der Waals surface area contributed by atoms with Crippen LogP contribution in [-0.4, -0.2) is 38.0 Å². The number of nitrogens with one attached hydrogen (secondary N) is 3. The highest BCUT2D eigenvalue weighted by Gasteiger charge is 2.26. The number of aryl methyl sites for hydroxylation is 1. The summed E-state index contributed by atoms with van der Waals surface area (Å²) in [6.45, 7) is 7.57. The van der Waals surface area contributed by atoms with E-state index >= 15 is 0 Å².